The average molecular weight is 503 g/mol. The van der Waals surface area contributed by atoms with Gasteiger partial charge in [0.25, 0.3) is 0 Å². The summed E-state index contributed by atoms with van der Waals surface area (Å²) < 4.78 is 9.50. The topological polar surface area (TPSA) is 182 Å². The highest BCUT2D eigenvalue weighted by molar-refractivity contribution is 5.76. The highest BCUT2D eigenvalue weighted by Crippen LogP contribution is 1.96. The van der Waals surface area contributed by atoms with Crippen LogP contribution in [0.2, 0.25) is 0 Å². The van der Waals surface area contributed by atoms with Gasteiger partial charge >= 0.3 is 24.2 Å². The zero-order valence-electron chi connectivity index (χ0n) is 19.0. The van der Waals surface area contributed by atoms with Crippen LogP contribution in [0.3, 0.4) is 0 Å². The molecule has 2 aliphatic rings. The number of amides is 6. The van der Waals surface area contributed by atoms with E-state index in [0.29, 0.717) is 52.4 Å². The third-order valence-electron chi connectivity index (χ3n) is 4.55. The molecule has 0 bridgehead atoms. The van der Waals surface area contributed by atoms with E-state index in [1.165, 1.54) is 12.2 Å². The molecule has 0 aromatic carbocycles. The number of hydrogen-bond acceptors (Lipinski definition) is 8. The Labute approximate surface area is 205 Å². The third kappa shape index (κ3) is 13.1. The fourth-order valence-corrected chi connectivity index (χ4v) is 2.65. The lowest BCUT2D eigenvalue weighted by atomic mass is 10.4. The molecule has 6 amide bonds. The smallest absolute Gasteiger partial charge is 0.407 e. The number of aliphatic hydroxyl groups is 2. The molecule has 2 saturated heterocycles. The van der Waals surface area contributed by atoms with Crippen LogP contribution < -0.4 is 21.3 Å². The van der Waals surface area contributed by atoms with Gasteiger partial charge in [-0.1, -0.05) is 20.1 Å². The standard InChI is InChI=1S/2C10H17N3O4.CH4/c1-2-8(14)7-17-10(16)12-4-6-13-5-3-11-9(13)15;1-2-8(7-14)17-10(16)12-4-6-13-5-3-11-9(13)15;/h2*2,8,14H,1,3-7H2,(H,11,15)(H,12,16);1H4. The summed E-state index contributed by atoms with van der Waals surface area (Å²) in [6.07, 6.45) is -0.195. The first kappa shape index (κ1) is 31.5. The minimum absolute atomic E-state index is 0. The van der Waals surface area contributed by atoms with Crippen LogP contribution in [0.25, 0.3) is 0 Å². The summed E-state index contributed by atoms with van der Waals surface area (Å²) in [5, 5.41) is 28.1. The molecule has 0 aromatic rings. The van der Waals surface area contributed by atoms with Crippen molar-refractivity contribution in [3.8, 4) is 0 Å². The number of ether oxygens (including phenoxy) is 2. The van der Waals surface area contributed by atoms with Gasteiger partial charge in [-0.15, -0.1) is 6.58 Å². The predicted molar refractivity (Wildman–Crippen MR) is 128 cm³/mol. The van der Waals surface area contributed by atoms with Gasteiger partial charge in [0.1, 0.15) is 18.8 Å². The molecule has 35 heavy (non-hydrogen) atoms. The summed E-state index contributed by atoms with van der Waals surface area (Å²) in [6, 6.07) is -0.248. The number of carbonyl (C=O) groups is 4. The molecule has 2 unspecified atom stereocenters. The molecule has 2 fully saturated rings. The van der Waals surface area contributed by atoms with Gasteiger partial charge < -0.3 is 50.8 Å². The van der Waals surface area contributed by atoms with Crippen LogP contribution in [0.15, 0.2) is 25.3 Å². The van der Waals surface area contributed by atoms with Gasteiger partial charge in [0.05, 0.1) is 6.61 Å². The molecule has 0 radical (unpaired) electrons. The Kier molecular flexibility index (Phi) is 16.1. The Morgan fingerprint density at radius 2 is 1.51 bits per heavy atom. The number of rotatable bonds is 12. The molecule has 200 valence electrons. The second-order valence-corrected chi connectivity index (χ2v) is 7.06. The van der Waals surface area contributed by atoms with Gasteiger partial charge in [0.2, 0.25) is 0 Å². The number of nitrogens with zero attached hydrogens (tertiary/aromatic N) is 2. The Bertz CT molecular complexity index is 707. The quantitative estimate of drug-likeness (QED) is 0.188. The van der Waals surface area contributed by atoms with E-state index in [2.05, 4.69) is 34.4 Å². The van der Waals surface area contributed by atoms with Crippen molar-refractivity contribution < 1.29 is 38.9 Å². The van der Waals surface area contributed by atoms with Crippen molar-refractivity contribution in [2.45, 2.75) is 19.6 Å². The lowest BCUT2D eigenvalue weighted by Gasteiger charge is -2.15. The molecule has 0 aliphatic carbocycles. The minimum atomic E-state index is -0.856. The van der Waals surface area contributed by atoms with Crippen molar-refractivity contribution in [3.63, 3.8) is 0 Å². The average Bonchev–Trinajstić information content (AvgIpc) is 3.43. The normalized spacial score (nSPS) is 15.8. The molecular formula is C21H38N6O8. The maximum absolute atomic E-state index is 11.2. The van der Waals surface area contributed by atoms with Crippen LogP contribution in [-0.2, 0) is 9.47 Å². The third-order valence-corrected chi connectivity index (χ3v) is 4.55. The van der Waals surface area contributed by atoms with Crippen LogP contribution in [0.1, 0.15) is 7.43 Å². The molecule has 0 spiro atoms. The van der Waals surface area contributed by atoms with Crippen LogP contribution in [0.4, 0.5) is 19.2 Å². The summed E-state index contributed by atoms with van der Waals surface area (Å²) in [5.74, 6) is 0. The molecule has 14 nitrogen and oxygen atoms in total. The molecule has 2 heterocycles. The highest BCUT2D eigenvalue weighted by Gasteiger charge is 2.19. The molecule has 0 saturated carbocycles. The number of alkyl carbamates (subject to hydrolysis) is 2. The van der Waals surface area contributed by atoms with Gasteiger partial charge in [-0.25, -0.2) is 19.2 Å². The lowest BCUT2D eigenvalue weighted by Crippen LogP contribution is -2.38. The molecule has 2 atom stereocenters. The summed E-state index contributed by atoms with van der Waals surface area (Å²) in [5.41, 5.74) is 0. The zero-order chi connectivity index (χ0) is 25.3. The van der Waals surface area contributed by atoms with E-state index >= 15 is 0 Å². The highest BCUT2D eigenvalue weighted by atomic mass is 16.6. The van der Waals surface area contributed by atoms with Gasteiger partial charge in [-0.3, -0.25) is 0 Å². The largest absolute Gasteiger partial charge is 0.446 e. The first-order valence-electron chi connectivity index (χ1n) is 10.7. The molecular weight excluding hydrogens is 464 g/mol. The molecule has 0 aromatic heterocycles. The van der Waals surface area contributed by atoms with Crippen LogP contribution in [-0.4, -0.2) is 122 Å². The Balaban J connectivity index is 0.000000642. The van der Waals surface area contributed by atoms with Gasteiger partial charge in [-0.05, 0) is 6.08 Å². The van der Waals surface area contributed by atoms with Crippen molar-refractivity contribution in [3.05, 3.63) is 25.3 Å². The van der Waals surface area contributed by atoms with Gasteiger partial charge in [0, 0.05) is 52.4 Å². The molecule has 2 rings (SSSR count). The number of urea groups is 2. The maximum Gasteiger partial charge on any atom is 0.407 e. The minimum Gasteiger partial charge on any atom is -0.446 e. The lowest BCUT2D eigenvalue weighted by molar-refractivity contribution is 0.0826. The second kappa shape index (κ2) is 17.9. The van der Waals surface area contributed by atoms with E-state index < -0.39 is 24.4 Å². The number of aliphatic hydroxyl groups excluding tert-OH is 2. The van der Waals surface area contributed by atoms with Gasteiger partial charge in [-0.2, -0.15) is 0 Å². The zero-order valence-corrected chi connectivity index (χ0v) is 19.0. The van der Waals surface area contributed by atoms with Crippen molar-refractivity contribution in [2.24, 2.45) is 0 Å². The number of carbonyl (C=O) groups excluding carboxylic acids is 4. The predicted octanol–water partition coefficient (Wildman–Crippen LogP) is -0.794. The van der Waals surface area contributed by atoms with E-state index in [1.54, 1.807) is 9.80 Å². The van der Waals surface area contributed by atoms with E-state index in [1.807, 2.05) is 0 Å². The maximum atomic E-state index is 11.2. The molecule has 6 N–H and O–H groups in total. The second-order valence-electron chi connectivity index (χ2n) is 7.06. The summed E-state index contributed by atoms with van der Waals surface area (Å²) in [7, 11) is 0. The monoisotopic (exact) mass is 502 g/mol. The number of nitrogens with one attached hydrogen (secondary N) is 4. The van der Waals surface area contributed by atoms with E-state index in [-0.39, 0.29) is 32.7 Å². The Hall–Kier alpha value is -3.52. The van der Waals surface area contributed by atoms with Crippen molar-refractivity contribution in [1.29, 1.82) is 0 Å². The molecule has 14 heteroatoms. The first-order valence-corrected chi connectivity index (χ1v) is 10.7. The van der Waals surface area contributed by atoms with Crippen LogP contribution in [0.5, 0.6) is 0 Å². The van der Waals surface area contributed by atoms with E-state index in [9.17, 15) is 19.2 Å². The van der Waals surface area contributed by atoms with E-state index in [4.69, 9.17) is 19.7 Å². The van der Waals surface area contributed by atoms with Crippen LogP contribution >= 0.6 is 0 Å². The number of hydrogen-bond donors (Lipinski definition) is 6. The van der Waals surface area contributed by atoms with Crippen LogP contribution in [0, 0.1) is 0 Å². The summed E-state index contributed by atoms with van der Waals surface area (Å²) in [4.78, 5) is 47.8. The Morgan fingerprint density at radius 3 is 1.91 bits per heavy atom. The Morgan fingerprint density at radius 1 is 1.00 bits per heavy atom. The van der Waals surface area contributed by atoms with E-state index in [0.717, 1.165) is 0 Å². The van der Waals surface area contributed by atoms with Gasteiger partial charge in [0.15, 0.2) is 0 Å². The SMILES string of the molecule is C.C=CC(CO)OC(=O)NCCN1CCNC1=O.C=CC(O)COC(=O)NCCN1CCNC1=O. The molecule has 2 aliphatic heterocycles. The summed E-state index contributed by atoms with van der Waals surface area (Å²) in [6.45, 7) is 10.4. The van der Waals surface area contributed by atoms with Crippen molar-refractivity contribution in [2.75, 3.05) is 65.6 Å². The first-order chi connectivity index (χ1) is 16.3. The van der Waals surface area contributed by atoms with Crippen molar-refractivity contribution in [1.82, 2.24) is 31.1 Å². The fourth-order valence-electron chi connectivity index (χ4n) is 2.65. The fraction of sp³-hybridized carbons (Fsp3) is 0.619. The van der Waals surface area contributed by atoms with Crippen molar-refractivity contribution >= 4 is 24.2 Å². The summed E-state index contributed by atoms with van der Waals surface area (Å²) >= 11 is 0.